The van der Waals surface area contributed by atoms with E-state index in [1.54, 1.807) is 7.11 Å². The third-order valence-electron chi connectivity index (χ3n) is 7.82. The van der Waals surface area contributed by atoms with Crippen LogP contribution in [0.25, 0.3) is 0 Å². The summed E-state index contributed by atoms with van der Waals surface area (Å²) >= 11 is 1.43. The van der Waals surface area contributed by atoms with E-state index >= 15 is 0 Å². The largest absolute Gasteiger partial charge is 0.627 e. The van der Waals surface area contributed by atoms with Gasteiger partial charge in [0.1, 0.15) is 5.75 Å². The first-order chi connectivity index (χ1) is 16.4. The highest BCUT2D eigenvalue weighted by Crippen LogP contribution is 2.53. The van der Waals surface area contributed by atoms with Crippen LogP contribution in [0.4, 0.5) is 5.69 Å². The van der Waals surface area contributed by atoms with Gasteiger partial charge in [0.2, 0.25) is 0 Å². The van der Waals surface area contributed by atoms with Crippen molar-refractivity contribution in [1.82, 2.24) is 4.90 Å². The maximum absolute atomic E-state index is 14.4. The predicted molar refractivity (Wildman–Crippen MR) is 130 cm³/mol. The zero-order valence-electron chi connectivity index (χ0n) is 19.9. The molecular formula is C24H33N4O5S+. The lowest BCUT2D eigenvalue weighted by Gasteiger charge is -2.59. The van der Waals surface area contributed by atoms with E-state index in [9.17, 15) is 14.9 Å². The first-order valence-electron chi connectivity index (χ1n) is 12.1. The van der Waals surface area contributed by atoms with E-state index in [1.807, 2.05) is 24.3 Å². The Balaban J connectivity index is 1.27. The summed E-state index contributed by atoms with van der Waals surface area (Å²) in [5, 5.41) is 15.0. The van der Waals surface area contributed by atoms with Gasteiger partial charge >= 0.3 is 12.1 Å². The third kappa shape index (κ3) is 3.80. The normalized spacial score (nSPS) is 33.3. The molecule has 34 heavy (non-hydrogen) atoms. The predicted octanol–water partition coefficient (Wildman–Crippen LogP) is 2.69. The molecule has 0 aromatic heterocycles. The number of rotatable bonds is 6. The van der Waals surface area contributed by atoms with Gasteiger partial charge in [-0.05, 0) is 30.3 Å². The van der Waals surface area contributed by atoms with Gasteiger partial charge in [0.25, 0.3) is 5.03 Å². The Hall–Kier alpha value is -2.14. The Labute approximate surface area is 204 Å². The van der Waals surface area contributed by atoms with Gasteiger partial charge in [-0.3, -0.25) is 14.3 Å². The van der Waals surface area contributed by atoms with E-state index in [-0.39, 0.29) is 5.97 Å². The van der Waals surface area contributed by atoms with E-state index in [0.29, 0.717) is 43.1 Å². The highest BCUT2D eigenvalue weighted by atomic mass is 32.2. The van der Waals surface area contributed by atoms with Crippen molar-refractivity contribution >= 4 is 23.4 Å². The van der Waals surface area contributed by atoms with Crippen molar-refractivity contribution in [3.05, 3.63) is 45.5 Å². The number of carbonyl (C=O) groups is 1. The molecule has 4 aliphatic heterocycles. The summed E-state index contributed by atoms with van der Waals surface area (Å²) in [6.07, 6.45) is 2.45. The highest BCUT2D eigenvalue weighted by molar-refractivity contribution is 8.03. The number of thioether (sulfide) groups is 1. The smallest absolute Gasteiger partial charge is 0.335 e. The molecule has 184 valence electrons. The third-order valence-corrected chi connectivity index (χ3v) is 9.02. The van der Waals surface area contributed by atoms with Crippen LogP contribution in [0.3, 0.4) is 0 Å². The lowest BCUT2D eigenvalue weighted by atomic mass is 9.82. The van der Waals surface area contributed by atoms with Gasteiger partial charge in [0.15, 0.2) is 11.6 Å². The van der Waals surface area contributed by atoms with Gasteiger partial charge in [-0.15, -0.1) is 0 Å². The summed E-state index contributed by atoms with van der Waals surface area (Å²) in [5.74, 6) is 1.00. The van der Waals surface area contributed by atoms with Crippen molar-refractivity contribution in [3.8, 4) is 5.75 Å². The van der Waals surface area contributed by atoms with E-state index in [4.69, 9.17) is 9.47 Å². The SMILES string of the molecule is COc1ccccc1N1CCN(CCC2[N+](=O)C3=CC4(CS3)C(OC(C)=O)CCC[N+]24[O-])CC1. The molecule has 0 N–H and O–H groups in total. The van der Waals surface area contributed by atoms with Crippen LogP contribution < -0.4 is 9.64 Å². The topological polar surface area (TPSA) is 85.1 Å². The van der Waals surface area contributed by atoms with Crippen molar-refractivity contribution in [2.45, 2.75) is 44.0 Å². The molecule has 4 heterocycles. The van der Waals surface area contributed by atoms with Crippen LogP contribution in [0.2, 0.25) is 0 Å². The number of anilines is 1. The Morgan fingerprint density at radius 1 is 1.29 bits per heavy atom. The number of hydrogen-bond acceptors (Lipinski definition) is 8. The van der Waals surface area contributed by atoms with Crippen molar-refractivity contribution in [3.63, 3.8) is 0 Å². The fourth-order valence-electron chi connectivity index (χ4n) is 6.06. The quantitative estimate of drug-likeness (QED) is 0.261. The molecular weight excluding hydrogens is 456 g/mol. The Kier molecular flexibility index (Phi) is 6.34. The molecule has 0 radical (unpaired) electrons. The van der Waals surface area contributed by atoms with Crippen LogP contribution in [0.5, 0.6) is 5.75 Å². The molecule has 0 saturated carbocycles. The maximum Gasteiger partial charge on any atom is 0.335 e. The number of piperazine rings is 1. The summed E-state index contributed by atoms with van der Waals surface area (Å²) in [5.41, 5.74) is 0.247. The maximum atomic E-state index is 14.4. The van der Waals surface area contributed by atoms with E-state index in [2.05, 4.69) is 15.9 Å². The Morgan fingerprint density at radius 2 is 2.06 bits per heavy atom. The molecule has 2 fully saturated rings. The van der Waals surface area contributed by atoms with Crippen LogP contribution in [0.1, 0.15) is 26.2 Å². The highest BCUT2D eigenvalue weighted by Gasteiger charge is 2.69. The molecule has 5 rings (SSSR count). The first-order valence-corrected chi connectivity index (χ1v) is 13.0. The first kappa shape index (κ1) is 23.6. The zero-order chi connectivity index (χ0) is 23.9. The van der Waals surface area contributed by atoms with Gasteiger partial charge in [-0.2, -0.15) is 0 Å². The average molecular weight is 490 g/mol. The van der Waals surface area contributed by atoms with Crippen LogP contribution in [0, 0.1) is 10.1 Å². The fourth-order valence-corrected chi connectivity index (χ4v) is 7.47. The lowest BCUT2D eigenvalue weighted by Crippen LogP contribution is -2.75. The number of nitroso groups, excluding NO2 is 1. The monoisotopic (exact) mass is 489 g/mol. The lowest BCUT2D eigenvalue weighted by molar-refractivity contribution is -1.03. The van der Waals surface area contributed by atoms with Crippen molar-refractivity contribution in [1.29, 1.82) is 0 Å². The standard InChI is InChI=1S/C24H33N4O5S/c1-18(29)33-21-8-5-15-28(31)22(27(30)23-16-24(21,28)17-34-23)9-10-25-11-13-26(14-12-25)19-6-3-4-7-20(19)32-2/h3-4,6-7,16,21-22H,5,8-15,17H2,1-2H3/q+1. The van der Waals surface area contributed by atoms with Gasteiger partial charge < -0.3 is 19.6 Å². The number of methoxy groups -OCH3 is 1. The van der Waals surface area contributed by atoms with Crippen LogP contribution in [-0.2, 0) is 9.53 Å². The van der Waals surface area contributed by atoms with Crippen LogP contribution in [0.15, 0.2) is 35.4 Å². The van der Waals surface area contributed by atoms with Crippen LogP contribution >= 0.6 is 11.8 Å². The van der Waals surface area contributed by atoms with E-state index < -0.39 is 22.5 Å². The number of para-hydroxylation sites is 2. The number of nitrogens with zero attached hydrogens (tertiary/aromatic N) is 4. The molecule has 4 unspecified atom stereocenters. The zero-order valence-corrected chi connectivity index (χ0v) is 20.7. The molecule has 0 aliphatic carbocycles. The van der Waals surface area contributed by atoms with Crippen molar-refractivity contribution < 1.29 is 23.7 Å². The van der Waals surface area contributed by atoms with E-state index in [1.165, 1.54) is 18.7 Å². The average Bonchev–Trinajstić information content (AvgIpc) is 3.26. The molecule has 4 aliphatic rings. The fraction of sp³-hybridized carbons (Fsp3) is 0.625. The number of esters is 1. The summed E-state index contributed by atoms with van der Waals surface area (Å²) in [6, 6.07) is 8.04. The molecule has 2 saturated heterocycles. The summed E-state index contributed by atoms with van der Waals surface area (Å²) in [7, 11) is 1.69. The Morgan fingerprint density at radius 3 is 2.79 bits per heavy atom. The van der Waals surface area contributed by atoms with Gasteiger partial charge in [-0.25, -0.2) is 0 Å². The number of piperidine rings is 1. The Bertz CT molecular complexity index is 997. The number of carbonyl (C=O) groups excluding carboxylic acids is 1. The van der Waals surface area contributed by atoms with Crippen molar-refractivity contribution in [2.24, 2.45) is 0 Å². The minimum Gasteiger partial charge on any atom is -0.627 e. The van der Waals surface area contributed by atoms with Gasteiger partial charge in [0.05, 0.1) is 42.4 Å². The minimum atomic E-state index is -0.849. The second-order valence-corrected chi connectivity index (χ2v) is 10.6. The van der Waals surface area contributed by atoms with Crippen molar-refractivity contribution in [2.75, 3.05) is 57.0 Å². The summed E-state index contributed by atoms with van der Waals surface area (Å²) in [6.45, 7) is 5.92. The summed E-state index contributed by atoms with van der Waals surface area (Å²) < 4.78 is 11.5. The number of hydroxylamine groups is 3. The van der Waals surface area contributed by atoms with Gasteiger partial charge in [-0.1, -0.05) is 12.1 Å². The molecule has 1 aromatic carbocycles. The molecule has 1 aromatic rings. The summed E-state index contributed by atoms with van der Waals surface area (Å²) in [4.78, 5) is 29.6. The molecule has 0 amide bonds. The van der Waals surface area contributed by atoms with E-state index in [0.717, 1.165) is 42.4 Å². The molecule has 2 bridgehead atoms. The molecule has 9 nitrogen and oxygen atoms in total. The molecule has 10 heteroatoms. The van der Waals surface area contributed by atoms with Gasteiger partial charge in [0, 0.05) is 51.0 Å². The minimum absolute atomic E-state index is 0.367. The second-order valence-electron chi connectivity index (χ2n) is 9.62. The second kappa shape index (κ2) is 9.14. The molecule has 4 atom stereocenters. The number of quaternary nitrogens is 1. The number of benzene rings is 1. The number of hydrogen-bond donors (Lipinski definition) is 0. The number of ether oxygens (including phenoxy) is 2. The van der Waals surface area contributed by atoms with Crippen LogP contribution in [-0.4, -0.2) is 90.2 Å². The molecule has 1 spiro atoms.